The summed E-state index contributed by atoms with van der Waals surface area (Å²) in [5.41, 5.74) is 2.47. The van der Waals surface area contributed by atoms with Crippen LogP contribution in [0.3, 0.4) is 0 Å². The van der Waals surface area contributed by atoms with Crippen molar-refractivity contribution in [2.75, 3.05) is 0 Å². The molecule has 1 aromatic carbocycles. The van der Waals surface area contributed by atoms with E-state index in [9.17, 15) is 0 Å². The third kappa shape index (κ3) is 3.53. The quantitative estimate of drug-likeness (QED) is 0.752. The number of rotatable bonds is 7. The molecule has 0 saturated heterocycles. The number of unbranched alkanes of at least 4 members (excludes halogenated alkanes) is 4. The van der Waals surface area contributed by atoms with Gasteiger partial charge in [-0.2, -0.15) is 0 Å². The monoisotopic (exact) mass is 344 g/mol. The van der Waals surface area contributed by atoms with E-state index in [2.05, 4.69) is 41.4 Å². The second kappa shape index (κ2) is 7.22. The molecule has 94 valence electrons. The van der Waals surface area contributed by atoms with E-state index in [0.29, 0.717) is 3.67 Å². The molecule has 3 heteroatoms. The number of hydrogen-bond donors (Lipinski definition) is 1. The Balaban J connectivity index is 1.90. The summed E-state index contributed by atoms with van der Waals surface area (Å²) in [4.78, 5) is 0. The maximum atomic E-state index is 4.39. The number of fused-ring (bicyclic) bond motifs is 1. The van der Waals surface area contributed by atoms with Crippen LogP contribution in [0.5, 0.6) is 0 Å². The molecule has 18 heavy (non-hydrogen) atoms. The normalized spacial score (nSPS) is 12.9. The van der Waals surface area contributed by atoms with E-state index in [1.54, 1.807) is 0 Å². The molecule has 0 aliphatic carbocycles. The molecule has 2 aromatic rings. The average molecular weight is 344 g/mol. The summed E-state index contributed by atoms with van der Waals surface area (Å²) in [7, 11) is 0. The molecule has 0 fully saturated rings. The van der Waals surface area contributed by atoms with Gasteiger partial charge in [-0.05, 0) is 0 Å². The van der Waals surface area contributed by atoms with E-state index in [1.165, 1.54) is 74.0 Å². The number of H-pyrrole nitrogens is 1. The van der Waals surface area contributed by atoms with Crippen molar-refractivity contribution in [1.82, 2.24) is 10.2 Å². The zero-order valence-electron chi connectivity index (χ0n) is 11.2. The Morgan fingerprint density at radius 2 is 1.94 bits per heavy atom. The van der Waals surface area contributed by atoms with Crippen LogP contribution < -0.4 is 0 Å². The summed E-state index contributed by atoms with van der Waals surface area (Å²) in [5, 5.41) is 8.96. The van der Waals surface area contributed by atoms with Crippen LogP contribution in [0.4, 0.5) is 0 Å². The fourth-order valence-electron chi connectivity index (χ4n) is 2.37. The third-order valence-corrected chi connectivity index (χ3v) is 5.38. The summed E-state index contributed by atoms with van der Waals surface area (Å²) in [6, 6.07) is 8.44. The molecule has 0 aliphatic heterocycles. The molecular formula is C15H21InN2. The Bertz CT molecular complexity index is 478. The van der Waals surface area contributed by atoms with Crippen molar-refractivity contribution in [3.63, 3.8) is 0 Å². The second-order valence-corrected chi connectivity index (χ2v) is 7.26. The van der Waals surface area contributed by atoms with Crippen LogP contribution >= 0.6 is 0 Å². The fourth-order valence-corrected chi connectivity index (χ4v) is 3.77. The van der Waals surface area contributed by atoms with Gasteiger partial charge in [-0.25, -0.2) is 0 Å². The van der Waals surface area contributed by atoms with Crippen molar-refractivity contribution in [3.8, 4) is 0 Å². The average Bonchev–Trinajstić information content (AvgIpc) is 2.82. The minimum atomic E-state index is 0.712. The van der Waals surface area contributed by atoms with E-state index >= 15 is 0 Å². The molecule has 1 N–H and O–H groups in total. The molecule has 0 bridgehead atoms. The topological polar surface area (TPSA) is 28.7 Å². The molecule has 1 atom stereocenters. The summed E-state index contributed by atoms with van der Waals surface area (Å²) < 4.78 is 0.712. The Labute approximate surface area is 124 Å². The van der Waals surface area contributed by atoms with Gasteiger partial charge in [0.2, 0.25) is 0 Å². The number of aromatic amines is 1. The van der Waals surface area contributed by atoms with Crippen molar-refractivity contribution in [1.29, 1.82) is 0 Å². The first kappa shape index (κ1) is 14.0. The molecule has 0 saturated carbocycles. The van der Waals surface area contributed by atoms with Crippen LogP contribution in [0.1, 0.15) is 54.8 Å². The first-order valence-corrected chi connectivity index (χ1v) is 8.91. The Morgan fingerprint density at radius 1 is 1.17 bits per heavy atom. The van der Waals surface area contributed by atoms with Gasteiger partial charge in [0.25, 0.3) is 0 Å². The number of benzene rings is 1. The van der Waals surface area contributed by atoms with Crippen LogP contribution in [0.15, 0.2) is 24.3 Å². The Hall–Kier alpha value is -0.440. The van der Waals surface area contributed by atoms with Gasteiger partial charge in [0.15, 0.2) is 0 Å². The molecule has 1 aromatic heterocycles. The van der Waals surface area contributed by atoms with Crippen LogP contribution in [0, 0.1) is 0 Å². The van der Waals surface area contributed by atoms with Crippen LogP contribution in [-0.4, -0.2) is 34.6 Å². The summed E-state index contributed by atoms with van der Waals surface area (Å²) in [6.07, 6.45) is 8.18. The molecule has 0 amide bonds. The minimum absolute atomic E-state index is 0.712. The number of nitrogens with one attached hydrogen (secondary N) is 1. The van der Waals surface area contributed by atoms with Gasteiger partial charge in [-0.15, -0.1) is 0 Å². The summed E-state index contributed by atoms with van der Waals surface area (Å²) >= 11 is 1.28. The molecule has 2 rings (SSSR count). The van der Waals surface area contributed by atoms with E-state index in [4.69, 9.17) is 0 Å². The maximum absolute atomic E-state index is 4.39. The molecule has 1 unspecified atom stereocenters. The predicted molar refractivity (Wildman–Crippen MR) is 78.0 cm³/mol. The molecular weight excluding hydrogens is 323 g/mol. The molecule has 2 radical (unpaired) electrons. The fraction of sp³-hybridized carbons (Fsp3) is 0.533. The standard InChI is InChI=1S/C15H21N2.In/c1-2-3-4-5-6-7-11-14-13-10-8-9-12-15(13)17-16-14;/h8-12H,2-7H2,1H3,(H,16,17);. The van der Waals surface area contributed by atoms with Gasteiger partial charge < -0.3 is 0 Å². The van der Waals surface area contributed by atoms with Gasteiger partial charge in [-0.1, -0.05) is 0 Å². The zero-order chi connectivity index (χ0) is 12.8. The van der Waals surface area contributed by atoms with Gasteiger partial charge >= 0.3 is 125 Å². The SMILES string of the molecule is CCCCCCC[CH]([In])c1[nH]nc2ccccc12. The van der Waals surface area contributed by atoms with Crippen molar-refractivity contribution >= 4 is 35.3 Å². The van der Waals surface area contributed by atoms with E-state index in [0.717, 1.165) is 5.52 Å². The second-order valence-electron chi connectivity index (χ2n) is 4.96. The van der Waals surface area contributed by atoms with Crippen molar-refractivity contribution in [3.05, 3.63) is 30.0 Å². The summed E-state index contributed by atoms with van der Waals surface area (Å²) in [6.45, 7) is 2.27. The Kier molecular flexibility index (Phi) is 5.61. The van der Waals surface area contributed by atoms with Gasteiger partial charge in [-0.3, -0.25) is 0 Å². The molecule has 0 spiro atoms. The van der Waals surface area contributed by atoms with Crippen molar-refractivity contribution < 1.29 is 0 Å². The number of hydrogen-bond acceptors (Lipinski definition) is 1. The Morgan fingerprint density at radius 3 is 2.78 bits per heavy atom. The summed E-state index contributed by atoms with van der Waals surface area (Å²) in [5.74, 6) is 0. The molecule has 1 heterocycles. The van der Waals surface area contributed by atoms with E-state index in [-0.39, 0.29) is 0 Å². The predicted octanol–water partition coefficient (Wildman–Crippen LogP) is 4.13. The van der Waals surface area contributed by atoms with Gasteiger partial charge in [0, 0.05) is 0 Å². The van der Waals surface area contributed by atoms with Crippen LogP contribution in [-0.2, 0) is 0 Å². The first-order chi connectivity index (χ1) is 8.83. The molecule has 0 aliphatic rings. The van der Waals surface area contributed by atoms with Crippen molar-refractivity contribution in [2.24, 2.45) is 0 Å². The van der Waals surface area contributed by atoms with E-state index < -0.39 is 0 Å². The third-order valence-electron chi connectivity index (χ3n) is 3.48. The van der Waals surface area contributed by atoms with Gasteiger partial charge in [0.1, 0.15) is 0 Å². The van der Waals surface area contributed by atoms with Gasteiger partial charge in [0.05, 0.1) is 0 Å². The van der Waals surface area contributed by atoms with Crippen molar-refractivity contribution in [2.45, 2.75) is 49.1 Å². The first-order valence-electron chi connectivity index (χ1n) is 7.01. The molecule has 2 nitrogen and oxygen atoms in total. The number of para-hydroxylation sites is 1. The zero-order valence-corrected chi connectivity index (χ0v) is 14.4. The van der Waals surface area contributed by atoms with Crippen LogP contribution in [0.25, 0.3) is 10.9 Å². The number of aromatic nitrogens is 2. The number of nitrogens with zero attached hydrogens (tertiary/aromatic N) is 1. The van der Waals surface area contributed by atoms with E-state index in [1.807, 2.05) is 0 Å². The van der Waals surface area contributed by atoms with Crippen LogP contribution in [0.2, 0.25) is 0 Å².